The van der Waals surface area contributed by atoms with E-state index in [1.807, 2.05) is 44.3 Å². The fourth-order valence-electron chi connectivity index (χ4n) is 4.07. The molecule has 2 heterocycles. The summed E-state index contributed by atoms with van der Waals surface area (Å²) < 4.78 is 2.22. The van der Waals surface area contributed by atoms with E-state index in [0.29, 0.717) is 17.1 Å². The van der Waals surface area contributed by atoms with E-state index in [9.17, 15) is 4.79 Å². The number of para-hydroxylation sites is 1. The van der Waals surface area contributed by atoms with Gasteiger partial charge in [-0.3, -0.25) is 14.5 Å². The van der Waals surface area contributed by atoms with Gasteiger partial charge in [0, 0.05) is 37.9 Å². The van der Waals surface area contributed by atoms with Crippen LogP contribution >= 0.6 is 12.2 Å². The maximum absolute atomic E-state index is 13.1. The molecule has 1 aliphatic rings. The number of hydrogen-bond acceptors (Lipinski definition) is 4. The monoisotopic (exact) mass is 435 g/mol. The molecule has 1 fully saturated rings. The third-order valence-electron chi connectivity index (χ3n) is 5.88. The zero-order chi connectivity index (χ0) is 21.8. The van der Waals surface area contributed by atoms with Crippen LogP contribution in [0.2, 0.25) is 0 Å². The number of nitrogens with zero attached hydrogens (tertiary/aromatic N) is 4. The molecule has 31 heavy (non-hydrogen) atoms. The number of anilines is 1. The summed E-state index contributed by atoms with van der Waals surface area (Å²) in [6.45, 7) is 4.93. The Labute approximate surface area is 188 Å². The van der Waals surface area contributed by atoms with Gasteiger partial charge < -0.3 is 9.80 Å². The minimum absolute atomic E-state index is 0.000640. The van der Waals surface area contributed by atoms with Gasteiger partial charge in [0.25, 0.3) is 0 Å². The van der Waals surface area contributed by atoms with Crippen molar-refractivity contribution in [3.8, 4) is 11.4 Å². The van der Waals surface area contributed by atoms with Crippen LogP contribution in [0.25, 0.3) is 11.4 Å². The molecular formula is C24H29N5OS. The second-order valence-electron chi connectivity index (χ2n) is 8.23. The first-order chi connectivity index (χ1) is 15.0. The third kappa shape index (κ3) is 4.88. The molecule has 3 aromatic rings. The zero-order valence-electron chi connectivity index (χ0n) is 18.2. The summed E-state index contributed by atoms with van der Waals surface area (Å²) in [4.78, 5) is 17.3. The number of rotatable bonds is 6. The van der Waals surface area contributed by atoms with Gasteiger partial charge in [0.2, 0.25) is 5.91 Å². The van der Waals surface area contributed by atoms with Crippen LogP contribution in [0.3, 0.4) is 0 Å². The lowest BCUT2D eigenvalue weighted by Gasteiger charge is -2.31. The topological polar surface area (TPSA) is 57.2 Å². The summed E-state index contributed by atoms with van der Waals surface area (Å²) in [5.41, 5.74) is 4.52. The highest BCUT2D eigenvalue weighted by molar-refractivity contribution is 7.71. The Hall–Kier alpha value is -2.93. The van der Waals surface area contributed by atoms with E-state index in [4.69, 9.17) is 12.2 Å². The molecule has 2 aromatic carbocycles. The lowest BCUT2D eigenvalue weighted by molar-refractivity contribution is -0.131. The van der Waals surface area contributed by atoms with Crippen LogP contribution in [-0.2, 0) is 17.9 Å². The molecule has 6 nitrogen and oxygen atoms in total. The van der Waals surface area contributed by atoms with Gasteiger partial charge in [-0.25, -0.2) is 0 Å². The molecule has 1 amide bonds. The summed E-state index contributed by atoms with van der Waals surface area (Å²) in [7, 11) is 1.85. The van der Waals surface area contributed by atoms with Crippen LogP contribution in [0.5, 0.6) is 0 Å². The first-order valence-electron chi connectivity index (χ1n) is 10.8. The van der Waals surface area contributed by atoms with Crippen LogP contribution in [0, 0.1) is 11.7 Å². The summed E-state index contributed by atoms with van der Waals surface area (Å²) in [5, 5.41) is 7.19. The number of likely N-dealkylation sites (N-methyl/N-ethyl adjacent to an activating group) is 1. The number of nitrogens with one attached hydrogen (secondary N) is 1. The standard InChI is InChI=1S/C24H29N5OS/c1-18-10-12-19(13-11-18)23-25-26-24(31)29(23)17-22(30)27(2)16-20-8-4-5-9-21(20)28-14-6-3-7-15-28/h4-5,8-13H,3,6-7,14-17H2,1-2H3,(H,26,31). The Bertz CT molecular complexity index is 1100. The Morgan fingerprint density at radius 3 is 2.55 bits per heavy atom. The third-order valence-corrected chi connectivity index (χ3v) is 6.19. The number of aromatic nitrogens is 3. The van der Waals surface area contributed by atoms with Gasteiger partial charge in [-0.2, -0.15) is 5.10 Å². The van der Waals surface area contributed by atoms with Gasteiger partial charge in [-0.1, -0.05) is 48.0 Å². The number of benzene rings is 2. The fourth-order valence-corrected chi connectivity index (χ4v) is 4.27. The van der Waals surface area contributed by atoms with Crippen molar-refractivity contribution in [2.45, 2.75) is 39.3 Å². The van der Waals surface area contributed by atoms with Gasteiger partial charge in [0.1, 0.15) is 6.54 Å². The van der Waals surface area contributed by atoms with Crippen molar-refractivity contribution in [2.24, 2.45) is 0 Å². The van der Waals surface area contributed by atoms with E-state index in [0.717, 1.165) is 18.7 Å². The predicted octanol–water partition coefficient (Wildman–Crippen LogP) is 4.57. The number of aryl methyl sites for hydroxylation is 1. The van der Waals surface area contributed by atoms with Crippen molar-refractivity contribution in [2.75, 3.05) is 25.0 Å². The van der Waals surface area contributed by atoms with Crippen LogP contribution in [-0.4, -0.2) is 45.7 Å². The van der Waals surface area contributed by atoms with Crippen molar-refractivity contribution in [3.05, 3.63) is 64.4 Å². The number of carbonyl (C=O) groups excluding carboxylic acids is 1. The second-order valence-corrected chi connectivity index (χ2v) is 8.62. The normalized spacial score (nSPS) is 13.9. The molecule has 1 saturated heterocycles. The SMILES string of the molecule is Cc1ccc(-c2n[nH]c(=S)n2CC(=O)N(C)Cc2ccccc2N2CCCCC2)cc1. The number of carbonyl (C=O) groups is 1. The van der Waals surface area contributed by atoms with E-state index in [-0.39, 0.29) is 12.5 Å². The van der Waals surface area contributed by atoms with Crippen molar-refractivity contribution in [1.82, 2.24) is 19.7 Å². The van der Waals surface area contributed by atoms with Crippen LogP contribution in [0.4, 0.5) is 5.69 Å². The van der Waals surface area contributed by atoms with Crippen molar-refractivity contribution in [3.63, 3.8) is 0 Å². The number of H-pyrrole nitrogens is 1. The maximum Gasteiger partial charge on any atom is 0.242 e. The molecular weight excluding hydrogens is 406 g/mol. The molecule has 1 N–H and O–H groups in total. The molecule has 162 valence electrons. The second kappa shape index (κ2) is 9.47. The van der Waals surface area contributed by atoms with Gasteiger partial charge in [-0.05, 0) is 50.0 Å². The Morgan fingerprint density at radius 1 is 1.10 bits per heavy atom. The lowest BCUT2D eigenvalue weighted by Crippen LogP contribution is -2.33. The highest BCUT2D eigenvalue weighted by Crippen LogP contribution is 2.25. The van der Waals surface area contributed by atoms with Gasteiger partial charge in [0.05, 0.1) is 0 Å². The van der Waals surface area contributed by atoms with Gasteiger partial charge in [0.15, 0.2) is 10.6 Å². The van der Waals surface area contributed by atoms with Crippen molar-refractivity contribution < 1.29 is 4.79 Å². The minimum atomic E-state index is -0.000640. The Balaban J connectivity index is 1.50. The molecule has 1 aromatic heterocycles. The molecule has 0 radical (unpaired) electrons. The first-order valence-corrected chi connectivity index (χ1v) is 11.2. The zero-order valence-corrected chi connectivity index (χ0v) is 19.0. The predicted molar refractivity (Wildman–Crippen MR) is 127 cm³/mol. The van der Waals surface area contributed by atoms with E-state index in [2.05, 4.69) is 33.3 Å². The summed E-state index contributed by atoms with van der Waals surface area (Å²) >= 11 is 5.41. The molecule has 4 rings (SSSR count). The molecule has 1 aliphatic heterocycles. The van der Waals surface area contributed by atoms with Crippen LogP contribution < -0.4 is 4.90 Å². The van der Waals surface area contributed by atoms with Crippen LogP contribution in [0.15, 0.2) is 48.5 Å². The average Bonchev–Trinajstić information content (AvgIpc) is 3.15. The maximum atomic E-state index is 13.1. The van der Waals surface area contributed by atoms with Crippen LogP contribution in [0.1, 0.15) is 30.4 Å². The van der Waals surface area contributed by atoms with E-state index < -0.39 is 0 Å². The molecule has 0 spiro atoms. The number of hydrogen-bond donors (Lipinski definition) is 1. The van der Waals surface area contributed by atoms with E-state index in [1.165, 1.54) is 36.1 Å². The Kier molecular flexibility index (Phi) is 6.51. The quantitative estimate of drug-likeness (QED) is 0.577. The van der Waals surface area contributed by atoms with Gasteiger partial charge >= 0.3 is 0 Å². The highest BCUT2D eigenvalue weighted by atomic mass is 32.1. The number of amides is 1. The molecule has 0 bridgehead atoms. The van der Waals surface area contributed by atoms with E-state index in [1.54, 1.807) is 9.47 Å². The molecule has 7 heteroatoms. The molecule has 0 aliphatic carbocycles. The smallest absolute Gasteiger partial charge is 0.242 e. The summed E-state index contributed by atoms with van der Waals surface area (Å²) in [6, 6.07) is 16.5. The first kappa shape index (κ1) is 21.3. The molecule has 0 atom stereocenters. The molecule has 0 unspecified atom stereocenters. The average molecular weight is 436 g/mol. The van der Waals surface area contributed by atoms with Gasteiger partial charge in [-0.15, -0.1) is 0 Å². The minimum Gasteiger partial charge on any atom is -0.371 e. The fraction of sp³-hybridized carbons (Fsp3) is 0.375. The highest BCUT2D eigenvalue weighted by Gasteiger charge is 2.19. The lowest BCUT2D eigenvalue weighted by atomic mass is 10.1. The number of piperidine rings is 1. The van der Waals surface area contributed by atoms with Crippen molar-refractivity contribution >= 4 is 23.8 Å². The number of aromatic amines is 1. The summed E-state index contributed by atoms with van der Waals surface area (Å²) in [6.07, 6.45) is 3.75. The van der Waals surface area contributed by atoms with E-state index >= 15 is 0 Å². The molecule has 0 saturated carbocycles. The summed E-state index contributed by atoms with van der Waals surface area (Å²) in [5.74, 6) is 0.680. The Morgan fingerprint density at radius 2 is 1.81 bits per heavy atom. The largest absolute Gasteiger partial charge is 0.371 e. The van der Waals surface area contributed by atoms with Crippen molar-refractivity contribution in [1.29, 1.82) is 0 Å².